The van der Waals surface area contributed by atoms with Gasteiger partial charge in [-0.15, -0.1) is 0 Å². The van der Waals surface area contributed by atoms with Crippen LogP contribution >= 0.6 is 0 Å². The summed E-state index contributed by atoms with van der Waals surface area (Å²) in [5.41, 5.74) is 7.44. The molecular weight excluding hydrogens is 220 g/mol. The fraction of sp³-hybridized carbons (Fsp3) is 0.625. The Morgan fingerprint density at radius 2 is 1.83 bits per heavy atom. The summed E-state index contributed by atoms with van der Waals surface area (Å²) in [7, 11) is 2.20. The standard InChI is InChI=1S/C16H26N2/c1-16(17,15-10-4-3-5-11-15)13-18(2)12-14-8-6-7-9-14/h3-5,10-11,14H,6-9,12-13,17H2,1-2H3. The number of likely N-dealkylation sites (N-methyl/N-ethyl adjacent to an activating group) is 1. The van der Waals surface area contributed by atoms with Crippen LogP contribution in [0.3, 0.4) is 0 Å². The van der Waals surface area contributed by atoms with E-state index in [0.717, 1.165) is 12.5 Å². The van der Waals surface area contributed by atoms with E-state index >= 15 is 0 Å². The molecule has 18 heavy (non-hydrogen) atoms. The summed E-state index contributed by atoms with van der Waals surface area (Å²) < 4.78 is 0. The summed E-state index contributed by atoms with van der Waals surface area (Å²) in [4.78, 5) is 2.41. The molecule has 0 saturated heterocycles. The van der Waals surface area contributed by atoms with Gasteiger partial charge in [0.25, 0.3) is 0 Å². The number of benzene rings is 1. The Bertz CT molecular complexity index is 353. The molecule has 1 aliphatic carbocycles. The Morgan fingerprint density at radius 1 is 1.22 bits per heavy atom. The van der Waals surface area contributed by atoms with E-state index in [-0.39, 0.29) is 5.54 Å². The fourth-order valence-corrected chi connectivity index (χ4v) is 3.17. The molecule has 0 aliphatic heterocycles. The molecule has 100 valence electrons. The molecule has 1 unspecified atom stereocenters. The van der Waals surface area contributed by atoms with Gasteiger partial charge in [-0.2, -0.15) is 0 Å². The first-order chi connectivity index (χ1) is 8.58. The molecule has 0 spiro atoms. The minimum atomic E-state index is -0.255. The van der Waals surface area contributed by atoms with E-state index in [2.05, 4.69) is 43.1 Å². The smallest absolute Gasteiger partial charge is 0.0509 e. The van der Waals surface area contributed by atoms with E-state index in [1.54, 1.807) is 0 Å². The molecule has 1 saturated carbocycles. The van der Waals surface area contributed by atoms with Crippen molar-refractivity contribution in [3.05, 3.63) is 35.9 Å². The average molecular weight is 246 g/mol. The molecule has 1 aromatic rings. The van der Waals surface area contributed by atoms with Crippen LogP contribution in [0.1, 0.15) is 38.2 Å². The van der Waals surface area contributed by atoms with Gasteiger partial charge >= 0.3 is 0 Å². The van der Waals surface area contributed by atoms with Crippen LogP contribution in [0.15, 0.2) is 30.3 Å². The lowest BCUT2D eigenvalue weighted by Crippen LogP contribution is -2.45. The Hall–Kier alpha value is -0.860. The molecule has 2 rings (SSSR count). The zero-order valence-corrected chi connectivity index (χ0v) is 11.7. The van der Waals surface area contributed by atoms with Crippen LogP contribution in [0.2, 0.25) is 0 Å². The molecular formula is C16H26N2. The quantitative estimate of drug-likeness (QED) is 0.865. The minimum absolute atomic E-state index is 0.255. The van der Waals surface area contributed by atoms with Crippen LogP contribution in [0.25, 0.3) is 0 Å². The number of nitrogens with two attached hydrogens (primary N) is 1. The number of rotatable bonds is 5. The molecule has 0 bridgehead atoms. The third kappa shape index (κ3) is 3.56. The summed E-state index contributed by atoms with van der Waals surface area (Å²) in [6, 6.07) is 10.4. The van der Waals surface area contributed by atoms with Gasteiger partial charge < -0.3 is 10.6 Å². The molecule has 0 amide bonds. The van der Waals surface area contributed by atoms with Gasteiger partial charge in [-0.3, -0.25) is 0 Å². The maximum Gasteiger partial charge on any atom is 0.0509 e. The van der Waals surface area contributed by atoms with Crippen molar-refractivity contribution in [2.75, 3.05) is 20.1 Å². The van der Waals surface area contributed by atoms with Crippen LogP contribution in [0.4, 0.5) is 0 Å². The Labute approximate surface area is 111 Å². The second-order valence-corrected chi connectivity index (χ2v) is 6.13. The van der Waals surface area contributed by atoms with E-state index < -0.39 is 0 Å². The normalized spacial score (nSPS) is 20.2. The van der Waals surface area contributed by atoms with Crippen molar-refractivity contribution in [2.24, 2.45) is 11.7 Å². The highest BCUT2D eigenvalue weighted by molar-refractivity contribution is 5.23. The second kappa shape index (κ2) is 5.85. The zero-order valence-electron chi connectivity index (χ0n) is 11.7. The number of hydrogen-bond acceptors (Lipinski definition) is 2. The van der Waals surface area contributed by atoms with Gasteiger partial charge in [-0.25, -0.2) is 0 Å². The highest BCUT2D eigenvalue weighted by Crippen LogP contribution is 2.26. The SMILES string of the molecule is CN(CC1CCCC1)CC(C)(N)c1ccccc1. The van der Waals surface area contributed by atoms with Gasteiger partial charge in [0.15, 0.2) is 0 Å². The lowest BCUT2D eigenvalue weighted by molar-refractivity contribution is 0.226. The second-order valence-electron chi connectivity index (χ2n) is 6.13. The maximum atomic E-state index is 6.47. The largest absolute Gasteiger partial charge is 0.321 e. The third-order valence-electron chi connectivity index (χ3n) is 4.08. The zero-order chi connectivity index (χ0) is 13.0. The van der Waals surface area contributed by atoms with Crippen molar-refractivity contribution in [3.63, 3.8) is 0 Å². The Balaban J connectivity index is 1.90. The van der Waals surface area contributed by atoms with E-state index in [1.807, 2.05) is 6.07 Å². The van der Waals surface area contributed by atoms with E-state index in [0.29, 0.717) is 0 Å². The molecule has 2 N–H and O–H groups in total. The monoisotopic (exact) mass is 246 g/mol. The van der Waals surface area contributed by atoms with Crippen molar-refractivity contribution in [1.29, 1.82) is 0 Å². The van der Waals surface area contributed by atoms with Gasteiger partial charge in [0.1, 0.15) is 0 Å². The molecule has 0 aromatic heterocycles. The fourth-order valence-electron chi connectivity index (χ4n) is 3.17. The van der Waals surface area contributed by atoms with Gasteiger partial charge in [0.2, 0.25) is 0 Å². The Kier molecular flexibility index (Phi) is 4.41. The molecule has 1 fully saturated rings. The third-order valence-corrected chi connectivity index (χ3v) is 4.08. The summed E-state index contributed by atoms with van der Waals surface area (Å²) >= 11 is 0. The summed E-state index contributed by atoms with van der Waals surface area (Å²) in [5, 5.41) is 0. The minimum Gasteiger partial charge on any atom is -0.321 e. The lowest BCUT2D eigenvalue weighted by Gasteiger charge is -2.32. The molecule has 2 heteroatoms. The van der Waals surface area contributed by atoms with E-state index in [4.69, 9.17) is 5.73 Å². The average Bonchev–Trinajstić information content (AvgIpc) is 2.82. The predicted molar refractivity (Wildman–Crippen MR) is 77.4 cm³/mol. The highest BCUT2D eigenvalue weighted by atomic mass is 15.1. The molecule has 1 aliphatic rings. The van der Waals surface area contributed by atoms with Crippen molar-refractivity contribution in [2.45, 2.75) is 38.1 Å². The lowest BCUT2D eigenvalue weighted by atomic mass is 9.92. The maximum absolute atomic E-state index is 6.47. The van der Waals surface area contributed by atoms with Gasteiger partial charge in [0.05, 0.1) is 5.54 Å². The summed E-state index contributed by atoms with van der Waals surface area (Å²) in [6.45, 7) is 4.25. The first kappa shape index (κ1) is 13.6. The first-order valence-electron chi connectivity index (χ1n) is 7.11. The van der Waals surface area contributed by atoms with Gasteiger partial charge in [-0.1, -0.05) is 43.2 Å². The van der Waals surface area contributed by atoms with Gasteiger partial charge in [-0.05, 0) is 38.3 Å². The van der Waals surface area contributed by atoms with Crippen molar-refractivity contribution < 1.29 is 0 Å². The van der Waals surface area contributed by atoms with Crippen LogP contribution in [-0.4, -0.2) is 25.0 Å². The highest BCUT2D eigenvalue weighted by Gasteiger charge is 2.24. The van der Waals surface area contributed by atoms with Gasteiger partial charge in [0, 0.05) is 13.1 Å². The molecule has 0 heterocycles. The van der Waals surface area contributed by atoms with Crippen LogP contribution in [0.5, 0.6) is 0 Å². The van der Waals surface area contributed by atoms with E-state index in [1.165, 1.54) is 37.8 Å². The van der Waals surface area contributed by atoms with Crippen molar-refractivity contribution in [1.82, 2.24) is 4.90 Å². The molecule has 2 nitrogen and oxygen atoms in total. The van der Waals surface area contributed by atoms with Crippen LogP contribution in [-0.2, 0) is 5.54 Å². The topological polar surface area (TPSA) is 29.3 Å². The Morgan fingerprint density at radius 3 is 2.44 bits per heavy atom. The molecule has 1 atom stereocenters. The molecule has 0 radical (unpaired) electrons. The predicted octanol–water partition coefficient (Wildman–Crippen LogP) is 2.98. The van der Waals surface area contributed by atoms with Crippen LogP contribution in [0, 0.1) is 5.92 Å². The number of nitrogens with zero attached hydrogens (tertiary/aromatic N) is 1. The molecule has 1 aromatic carbocycles. The summed E-state index contributed by atoms with van der Waals surface area (Å²) in [5.74, 6) is 0.890. The van der Waals surface area contributed by atoms with Crippen molar-refractivity contribution >= 4 is 0 Å². The first-order valence-corrected chi connectivity index (χ1v) is 7.11. The summed E-state index contributed by atoms with van der Waals surface area (Å²) in [6.07, 6.45) is 5.63. The van der Waals surface area contributed by atoms with Crippen LogP contribution < -0.4 is 5.73 Å². The number of hydrogen-bond donors (Lipinski definition) is 1. The van der Waals surface area contributed by atoms with Crippen molar-refractivity contribution in [3.8, 4) is 0 Å². The van der Waals surface area contributed by atoms with E-state index in [9.17, 15) is 0 Å².